The first-order chi connectivity index (χ1) is 11.1. The van der Waals surface area contributed by atoms with E-state index in [1.807, 2.05) is 49.1 Å². The summed E-state index contributed by atoms with van der Waals surface area (Å²) in [5, 5.41) is 2.94. The number of anilines is 1. The van der Waals surface area contributed by atoms with E-state index in [1.165, 1.54) is 0 Å². The Balaban J connectivity index is 1.73. The summed E-state index contributed by atoms with van der Waals surface area (Å²) in [5.74, 6) is 0. The Kier molecular flexibility index (Phi) is 4.37. The van der Waals surface area contributed by atoms with E-state index in [2.05, 4.69) is 21.4 Å². The van der Waals surface area contributed by atoms with E-state index >= 15 is 0 Å². The summed E-state index contributed by atoms with van der Waals surface area (Å²) in [4.78, 5) is 23.0. The van der Waals surface area contributed by atoms with Gasteiger partial charge >= 0.3 is 6.03 Å². The lowest BCUT2D eigenvalue weighted by Gasteiger charge is -2.32. The van der Waals surface area contributed by atoms with Crippen LogP contribution in [0.1, 0.15) is 24.7 Å². The van der Waals surface area contributed by atoms with E-state index in [1.54, 1.807) is 12.4 Å². The summed E-state index contributed by atoms with van der Waals surface area (Å²) < 4.78 is 0. The third-order valence-corrected chi connectivity index (χ3v) is 4.03. The van der Waals surface area contributed by atoms with E-state index in [-0.39, 0.29) is 12.1 Å². The summed E-state index contributed by atoms with van der Waals surface area (Å²) in [6.45, 7) is 4.65. The van der Waals surface area contributed by atoms with Crippen LogP contribution >= 0.6 is 0 Å². The van der Waals surface area contributed by atoms with Crippen LogP contribution in [0.3, 0.4) is 0 Å². The number of rotatable bonds is 2. The highest BCUT2D eigenvalue weighted by Crippen LogP contribution is 2.25. The Morgan fingerprint density at radius 2 is 1.96 bits per heavy atom. The Hall–Kier alpha value is -2.69. The normalized spacial score (nSPS) is 17.6. The van der Waals surface area contributed by atoms with Gasteiger partial charge in [0.15, 0.2) is 0 Å². The first-order valence-electron chi connectivity index (χ1n) is 7.76. The lowest BCUT2D eigenvalue weighted by atomic mass is 9.99. The Labute approximate surface area is 136 Å². The zero-order valence-electron chi connectivity index (χ0n) is 13.4. The molecule has 1 atom stereocenters. The van der Waals surface area contributed by atoms with Crippen molar-refractivity contribution in [3.63, 3.8) is 0 Å². The highest BCUT2D eigenvalue weighted by molar-refractivity contribution is 5.90. The van der Waals surface area contributed by atoms with Gasteiger partial charge in [0, 0.05) is 30.7 Å². The van der Waals surface area contributed by atoms with Crippen molar-refractivity contribution in [1.82, 2.24) is 14.9 Å². The van der Waals surface area contributed by atoms with Crippen LogP contribution in [0.15, 0.2) is 48.8 Å². The molecule has 2 heterocycles. The first kappa shape index (κ1) is 15.2. The molecule has 0 aliphatic carbocycles. The van der Waals surface area contributed by atoms with Gasteiger partial charge in [-0.2, -0.15) is 0 Å². The quantitative estimate of drug-likeness (QED) is 0.924. The highest BCUT2D eigenvalue weighted by Gasteiger charge is 2.24. The van der Waals surface area contributed by atoms with Crippen molar-refractivity contribution >= 4 is 17.3 Å². The summed E-state index contributed by atoms with van der Waals surface area (Å²) in [6, 6.07) is 9.46. The number of aromatic nitrogens is 2. The molecule has 118 valence electrons. The molecule has 1 aromatic heterocycles. The largest absolute Gasteiger partial charge is 0.322 e. The lowest BCUT2D eigenvalue weighted by Crippen LogP contribution is -2.43. The molecule has 1 aliphatic heterocycles. The third kappa shape index (κ3) is 3.39. The fraction of sp³-hybridized carbons (Fsp3) is 0.278. The molecule has 0 spiro atoms. The molecule has 1 aromatic carbocycles. The number of nitrogens with zero attached hydrogens (tertiary/aromatic N) is 3. The first-order valence-corrected chi connectivity index (χ1v) is 7.76. The summed E-state index contributed by atoms with van der Waals surface area (Å²) in [7, 11) is 0. The minimum atomic E-state index is -0.0742. The number of carbonyl (C=O) groups is 1. The Morgan fingerprint density at radius 1 is 1.22 bits per heavy atom. The van der Waals surface area contributed by atoms with Gasteiger partial charge in [0.05, 0.1) is 11.4 Å². The second-order valence-electron chi connectivity index (χ2n) is 5.66. The molecule has 2 amide bonds. The van der Waals surface area contributed by atoms with Gasteiger partial charge in [0.2, 0.25) is 0 Å². The summed E-state index contributed by atoms with van der Waals surface area (Å²) in [5.41, 5.74) is 3.83. The third-order valence-electron chi connectivity index (χ3n) is 4.03. The second-order valence-corrected chi connectivity index (χ2v) is 5.66. The molecule has 1 aliphatic rings. The van der Waals surface area contributed by atoms with E-state index in [0.29, 0.717) is 6.54 Å². The molecule has 0 fully saturated rings. The minimum Gasteiger partial charge on any atom is -0.318 e. The number of urea groups is 1. The fourth-order valence-corrected chi connectivity index (χ4v) is 2.83. The van der Waals surface area contributed by atoms with Gasteiger partial charge in [0.1, 0.15) is 0 Å². The summed E-state index contributed by atoms with van der Waals surface area (Å²) in [6.07, 6.45) is 6.30. The number of aryl methyl sites for hydroxylation is 1. The van der Waals surface area contributed by atoms with Crippen LogP contribution in [0.25, 0.3) is 5.57 Å². The van der Waals surface area contributed by atoms with Crippen LogP contribution < -0.4 is 5.32 Å². The van der Waals surface area contributed by atoms with Gasteiger partial charge < -0.3 is 10.2 Å². The minimum absolute atomic E-state index is 0.0175. The van der Waals surface area contributed by atoms with E-state index in [4.69, 9.17) is 0 Å². The average molecular weight is 308 g/mol. The van der Waals surface area contributed by atoms with Crippen molar-refractivity contribution in [3.05, 3.63) is 60.2 Å². The molecule has 0 unspecified atom stereocenters. The summed E-state index contributed by atoms with van der Waals surface area (Å²) >= 11 is 0. The molecular formula is C18H20N4O. The van der Waals surface area contributed by atoms with Crippen molar-refractivity contribution in [2.24, 2.45) is 0 Å². The molecule has 23 heavy (non-hydrogen) atoms. The molecule has 5 nitrogen and oxygen atoms in total. The topological polar surface area (TPSA) is 58.1 Å². The molecule has 0 saturated carbocycles. The molecule has 3 rings (SSSR count). The molecule has 0 bridgehead atoms. The SMILES string of the molecule is Cc1nccnc1C1=C[C@@H](C)N(C(=O)Nc2ccccc2)CC1. The van der Waals surface area contributed by atoms with Crippen LogP contribution in [0.4, 0.5) is 10.5 Å². The van der Waals surface area contributed by atoms with Gasteiger partial charge in [0.25, 0.3) is 0 Å². The van der Waals surface area contributed by atoms with Crippen LogP contribution in [0.2, 0.25) is 0 Å². The van der Waals surface area contributed by atoms with Crippen LogP contribution in [0.5, 0.6) is 0 Å². The number of amides is 2. The molecule has 2 aromatic rings. The van der Waals surface area contributed by atoms with Gasteiger partial charge in [-0.05, 0) is 38.0 Å². The predicted octanol–water partition coefficient (Wildman–Crippen LogP) is 3.49. The van der Waals surface area contributed by atoms with Gasteiger partial charge in [-0.1, -0.05) is 24.3 Å². The molecule has 0 radical (unpaired) electrons. The fourth-order valence-electron chi connectivity index (χ4n) is 2.83. The maximum Gasteiger partial charge on any atom is 0.322 e. The second kappa shape index (κ2) is 6.60. The van der Waals surface area contributed by atoms with Gasteiger partial charge in [-0.15, -0.1) is 0 Å². The van der Waals surface area contributed by atoms with Crippen molar-refractivity contribution in [2.75, 3.05) is 11.9 Å². The van der Waals surface area contributed by atoms with Crippen LogP contribution in [-0.2, 0) is 0 Å². The zero-order chi connectivity index (χ0) is 16.2. The van der Waals surface area contributed by atoms with Gasteiger partial charge in [-0.3, -0.25) is 9.97 Å². The number of carbonyl (C=O) groups excluding carboxylic acids is 1. The lowest BCUT2D eigenvalue weighted by molar-refractivity contribution is 0.202. The standard InChI is InChI=1S/C18H20N4O/c1-13-12-15(17-14(2)19-9-10-20-17)8-11-22(13)18(23)21-16-6-4-3-5-7-16/h3-7,9-10,12-13H,8,11H2,1-2H3,(H,21,23)/t13-/m1/s1. The Bertz CT molecular complexity index is 727. The van der Waals surface area contributed by atoms with Crippen LogP contribution in [0, 0.1) is 6.92 Å². The number of benzene rings is 1. The Morgan fingerprint density at radius 3 is 2.65 bits per heavy atom. The maximum absolute atomic E-state index is 12.4. The molecule has 1 N–H and O–H groups in total. The molecule has 5 heteroatoms. The highest BCUT2D eigenvalue weighted by atomic mass is 16.2. The smallest absolute Gasteiger partial charge is 0.318 e. The zero-order valence-corrected chi connectivity index (χ0v) is 13.4. The van der Waals surface area contributed by atoms with E-state index < -0.39 is 0 Å². The van der Waals surface area contributed by atoms with E-state index in [0.717, 1.165) is 29.1 Å². The van der Waals surface area contributed by atoms with Crippen molar-refractivity contribution in [1.29, 1.82) is 0 Å². The molecule has 0 saturated heterocycles. The van der Waals surface area contributed by atoms with E-state index in [9.17, 15) is 4.79 Å². The molecular weight excluding hydrogens is 288 g/mol. The van der Waals surface area contributed by atoms with Crippen molar-refractivity contribution in [3.8, 4) is 0 Å². The van der Waals surface area contributed by atoms with Gasteiger partial charge in [-0.25, -0.2) is 4.79 Å². The monoisotopic (exact) mass is 308 g/mol. The number of hydrogen-bond acceptors (Lipinski definition) is 3. The van der Waals surface area contributed by atoms with Crippen LogP contribution in [-0.4, -0.2) is 33.5 Å². The predicted molar refractivity (Wildman–Crippen MR) is 91.0 cm³/mol. The number of nitrogens with one attached hydrogen (secondary N) is 1. The maximum atomic E-state index is 12.4. The number of para-hydroxylation sites is 1. The van der Waals surface area contributed by atoms with Crippen molar-refractivity contribution in [2.45, 2.75) is 26.3 Å². The average Bonchev–Trinajstić information content (AvgIpc) is 2.56. The number of hydrogen-bond donors (Lipinski definition) is 1. The van der Waals surface area contributed by atoms with Crippen molar-refractivity contribution < 1.29 is 4.79 Å².